The minimum absolute atomic E-state index is 0.155. The largest absolute Gasteiger partial charge is 0.361 e. The van der Waals surface area contributed by atoms with Crippen LogP contribution in [0.15, 0.2) is 30.5 Å². The van der Waals surface area contributed by atoms with Crippen LogP contribution in [-0.4, -0.2) is 67.9 Å². The van der Waals surface area contributed by atoms with Crippen LogP contribution in [0.4, 0.5) is 0 Å². The fraction of sp³-hybridized carbons (Fsp3) is 0.500. The highest BCUT2D eigenvalue weighted by Crippen LogP contribution is 2.18. The molecule has 6 nitrogen and oxygen atoms in total. The van der Waals surface area contributed by atoms with Crippen LogP contribution in [0, 0.1) is 0 Å². The van der Waals surface area contributed by atoms with E-state index >= 15 is 0 Å². The van der Waals surface area contributed by atoms with Gasteiger partial charge in [0.1, 0.15) is 11.8 Å². The number of rotatable bonds is 3. The summed E-state index contributed by atoms with van der Waals surface area (Å²) < 4.78 is 23.3. The Hall–Kier alpha value is -1.86. The van der Waals surface area contributed by atoms with Crippen LogP contribution in [0.5, 0.6) is 0 Å². The predicted molar refractivity (Wildman–Crippen MR) is 96.3 cm³/mol. The van der Waals surface area contributed by atoms with E-state index in [0.29, 0.717) is 31.0 Å². The lowest BCUT2D eigenvalue weighted by atomic mass is 10.1. The Bertz CT molecular complexity index is 882. The van der Waals surface area contributed by atoms with Crippen LogP contribution >= 0.6 is 0 Å². The molecule has 2 aliphatic heterocycles. The summed E-state index contributed by atoms with van der Waals surface area (Å²) >= 11 is 0. The van der Waals surface area contributed by atoms with Crippen molar-refractivity contribution in [1.82, 2.24) is 9.88 Å². The zero-order chi connectivity index (χ0) is 17.4. The number of hydrogen-bond acceptors (Lipinski definition) is 3. The summed E-state index contributed by atoms with van der Waals surface area (Å²) in [5.74, 6) is 0.790. The molecule has 0 spiro atoms. The molecule has 0 unspecified atom stereocenters. The molecule has 2 fully saturated rings. The average Bonchev–Trinajstić information content (AvgIpc) is 3.18. The van der Waals surface area contributed by atoms with E-state index < -0.39 is 9.84 Å². The van der Waals surface area contributed by atoms with Crippen LogP contribution in [-0.2, 0) is 21.1 Å². The summed E-state index contributed by atoms with van der Waals surface area (Å²) in [7, 11) is -2.83. The number of aromatic nitrogens is 1. The average molecular weight is 362 g/mol. The molecule has 4 rings (SSSR count). The zero-order valence-electron chi connectivity index (χ0n) is 14.2. The highest BCUT2D eigenvalue weighted by Gasteiger charge is 2.37. The molecule has 2 aliphatic rings. The normalized spacial score (nSPS) is 24.0. The van der Waals surface area contributed by atoms with Gasteiger partial charge in [-0.15, -0.1) is 0 Å². The number of amides is 1. The van der Waals surface area contributed by atoms with E-state index in [0.717, 1.165) is 36.0 Å². The quantitative estimate of drug-likeness (QED) is 0.782. The molecule has 0 aliphatic carbocycles. The second-order valence-electron chi connectivity index (χ2n) is 7.18. The third kappa shape index (κ3) is 3.43. The SMILES string of the molecule is O=C(Cc1c[nH]c2ccccc12)N1CC[NH+]([C@@H]2CCS(=O)(=O)C2)CC1. The summed E-state index contributed by atoms with van der Waals surface area (Å²) in [6.07, 6.45) is 3.10. The van der Waals surface area contributed by atoms with Crippen LogP contribution in [0.25, 0.3) is 10.9 Å². The maximum atomic E-state index is 12.6. The number of aromatic amines is 1. The maximum Gasteiger partial charge on any atom is 0.227 e. The molecule has 1 atom stereocenters. The molecule has 2 saturated heterocycles. The number of quaternary nitrogens is 1. The predicted octanol–water partition coefficient (Wildman–Crippen LogP) is -0.375. The van der Waals surface area contributed by atoms with Crippen LogP contribution in [0.3, 0.4) is 0 Å². The third-order valence-corrected chi connectivity index (χ3v) is 7.35. The molecule has 1 amide bonds. The number of carbonyl (C=O) groups is 1. The molecule has 2 N–H and O–H groups in total. The van der Waals surface area contributed by atoms with E-state index in [-0.39, 0.29) is 11.9 Å². The standard InChI is InChI=1S/C18H23N3O3S/c22-18(11-14-12-19-17-4-2-1-3-16(14)17)21-8-6-20(7-9-21)15-5-10-25(23,24)13-15/h1-4,12,15,19H,5-11,13H2/p+1/t15-/m1/s1. The Morgan fingerprint density at radius 3 is 2.72 bits per heavy atom. The first-order chi connectivity index (χ1) is 12.0. The first kappa shape index (κ1) is 16.6. The summed E-state index contributed by atoms with van der Waals surface area (Å²) in [5.41, 5.74) is 2.10. The van der Waals surface area contributed by atoms with Crippen molar-refractivity contribution in [1.29, 1.82) is 0 Å². The smallest absolute Gasteiger partial charge is 0.227 e. The molecule has 0 radical (unpaired) electrons. The van der Waals surface area contributed by atoms with Crippen molar-refractivity contribution in [2.45, 2.75) is 18.9 Å². The summed E-state index contributed by atoms with van der Waals surface area (Å²) in [5, 5.41) is 1.11. The van der Waals surface area contributed by atoms with E-state index in [1.54, 1.807) is 0 Å². The summed E-state index contributed by atoms with van der Waals surface area (Å²) in [4.78, 5) is 19.1. The molecular weight excluding hydrogens is 338 g/mol. The summed E-state index contributed by atoms with van der Waals surface area (Å²) in [6.45, 7) is 3.12. The van der Waals surface area contributed by atoms with E-state index in [4.69, 9.17) is 0 Å². The van der Waals surface area contributed by atoms with Crippen molar-refractivity contribution >= 4 is 26.6 Å². The number of sulfone groups is 1. The van der Waals surface area contributed by atoms with E-state index in [9.17, 15) is 13.2 Å². The van der Waals surface area contributed by atoms with Gasteiger partial charge < -0.3 is 14.8 Å². The number of para-hydroxylation sites is 1. The highest BCUT2D eigenvalue weighted by atomic mass is 32.2. The van der Waals surface area contributed by atoms with Gasteiger partial charge in [0.25, 0.3) is 0 Å². The summed E-state index contributed by atoms with van der Waals surface area (Å²) in [6, 6.07) is 8.24. The van der Waals surface area contributed by atoms with Crippen molar-refractivity contribution < 1.29 is 18.1 Å². The van der Waals surface area contributed by atoms with E-state index in [2.05, 4.69) is 4.98 Å². The molecular formula is C18H24N3O3S+. The zero-order valence-corrected chi connectivity index (χ0v) is 15.0. The Balaban J connectivity index is 1.35. The fourth-order valence-electron chi connectivity index (χ4n) is 4.12. The number of nitrogens with one attached hydrogen (secondary N) is 2. The number of hydrogen-bond donors (Lipinski definition) is 2. The Labute approximate surface area is 147 Å². The van der Waals surface area contributed by atoms with Gasteiger partial charge in [0.05, 0.1) is 38.4 Å². The second-order valence-corrected chi connectivity index (χ2v) is 9.40. The molecule has 134 valence electrons. The van der Waals surface area contributed by atoms with Crippen molar-refractivity contribution in [3.05, 3.63) is 36.0 Å². The monoisotopic (exact) mass is 362 g/mol. The van der Waals surface area contributed by atoms with Gasteiger partial charge in [0, 0.05) is 23.5 Å². The molecule has 3 heterocycles. The number of benzene rings is 1. The topological polar surface area (TPSA) is 74.7 Å². The first-order valence-corrected chi connectivity index (χ1v) is 10.7. The fourth-order valence-corrected chi connectivity index (χ4v) is 5.95. The van der Waals surface area contributed by atoms with Gasteiger partial charge in [-0.25, -0.2) is 8.42 Å². The molecule has 0 bridgehead atoms. The van der Waals surface area contributed by atoms with Crippen molar-refractivity contribution in [3.63, 3.8) is 0 Å². The van der Waals surface area contributed by atoms with Crippen molar-refractivity contribution in [2.75, 3.05) is 37.7 Å². The van der Waals surface area contributed by atoms with Gasteiger partial charge in [-0.1, -0.05) is 18.2 Å². The van der Waals surface area contributed by atoms with E-state index in [1.165, 1.54) is 4.90 Å². The number of carbonyl (C=O) groups excluding carboxylic acids is 1. The number of H-pyrrole nitrogens is 1. The van der Waals surface area contributed by atoms with Crippen LogP contribution < -0.4 is 4.90 Å². The first-order valence-electron chi connectivity index (χ1n) is 8.89. The lowest BCUT2D eigenvalue weighted by molar-refractivity contribution is -0.925. The Morgan fingerprint density at radius 2 is 2.00 bits per heavy atom. The minimum Gasteiger partial charge on any atom is -0.361 e. The van der Waals surface area contributed by atoms with Crippen LogP contribution in [0.1, 0.15) is 12.0 Å². The van der Waals surface area contributed by atoms with Gasteiger partial charge in [-0.05, 0) is 11.6 Å². The maximum absolute atomic E-state index is 12.6. The minimum atomic E-state index is -2.83. The third-order valence-electron chi connectivity index (χ3n) is 5.58. The van der Waals surface area contributed by atoms with E-state index in [1.807, 2.05) is 35.4 Å². The lowest BCUT2D eigenvalue weighted by Gasteiger charge is -2.35. The highest BCUT2D eigenvalue weighted by molar-refractivity contribution is 7.91. The molecule has 1 aromatic carbocycles. The Morgan fingerprint density at radius 1 is 1.24 bits per heavy atom. The number of piperazine rings is 1. The molecule has 1 aromatic heterocycles. The van der Waals surface area contributed by atoms with Gasteiger partial charge >= 0.3 is 0 Å². The van der Waals surface area contributed by atoms with Gasteiger partial charge in [-0.2, -0.15) is 0 Å². The number of nitrogens with zero attached hydrogens (tertiary/aromatic N) is 1. The van der Waals surface area contributed by atoms with Gasteiger partial charge in [0.2, 0.25) is 5.91 Å². The molecule has 0 saturated carbocycles. The van der Waals surface area contributed by atoms with Gasteiger partial charge in [-0.3, -0.25) is 4.79 Å². The molecule has 7 heteroatoms. The Kier molecular flexibility index (Phi) is 4.29. The van der Waals surface area contributed by atoms with Crippen molar-refractivity contribution in [2.24, 2.45) is 0 Å². The van der Waals surface area contributed by atoms with Crippen molar-refractivity contribution in [3.8, 4) is 0 Å². The molecule has 2 aromatic rings. The van der Waals surface area contributed by atoms with Crippen LogP contribution in [0.2, 0.25) is 0 Å². The van der Waals surface area contributed by atoms with Gasteiger partial charge in [0.15, 0.2) is 9.84 Å². The second kappa shape index (κ2) is 6.46. The number of fused-ring (bicyclic) bond motifs is 1. The molecule has 25 heavy (non-hydrogen) atoms. The lowest BCUT2D eigenvalue weighted by Crippen LogP contribution is -3.18.